The van der Waals surface area contributed by atoms with Crippen LogP contribution in [-0.2, 0) is 12.0 Å². The molecule has 0 aliphatic rings. The van der Waals surface area contributed by atoms with Gasteiger partial charge in [-0.05, 0) is 36.2 Å². The van der Waals surface area contributed by atoms with Gasteiger partial charge in [-0.1, -0.05) is 12.1 Å². The van der Waals surface area contributed by atoms with Crippen molar-refractivity contribution in [3.05, 3.63) is 59.4 Å². The Morgan fingerprint density at radius 3 is 2.89 bits per heavy atom. The van der Waals surface area contributed by atoms with Crippen LogP contribution in [0.15, 0.2) is 42.7 Å². The monoisotopic (exact) mass is 253 g/mol. The van der Waals surface area contributed by atoms with Crippen LogP contribution < -0.4 is 5.73 Å². The van der Waals surface area contributed by atoms with Gasteiger partial charge in [0.15, 0.2) is 0 Å². The molecule has 19 heavy (non-hydrogen) atoms. The van der Waals surface area contributed by atoms with Crippen molar-refractivity contribution in [2.75, 3.05) is 5.73 Å². The summed E-state index contributed by atoms with van der Waals surface area (Å²) >= 11 is 0. The first-order valence-electron chi connectivity index (χ1n) is 5.94. The minimum Gasteiger partial charge on any atom is -0.398 e. The van der Waals surface area contributed by atoms with Gasteiger partial charge in [0.1, 0.15) is 0 Å². The molecule has 0 bridgehead atoms. The molecule has 1 heterocycles. The van der Waals surface area contributed by atoms with Crippen LogP contribution >= 0.6 is 0 Å². The lowest BCUT2D eigenvalue weighted by atomic mass is 9.88. The fraction of sp³-hybridized carbons (Fsp3) is 0.200. The van der Waals surface area contributed by atoms with Crippen LogP contribution in [0, 0.1) is 11.3 Å². The second-order valence-corrected chi connectivity index (χ2v) is 4.72. The first-order chi connectivity index (χ1) is 9.03. The molecule has 1 aromatic carbocycles. The number of hydrogen-bond donors (Lipinski definition) is 2. The molecule has 0 aliphatic carbocycles. The van der Waals surface area contributed by atoms with Crippen molar-refractivity contribution in [2.24, 2.45) is 0 Å². The van der Waals surface area contributed by atoms with Crippen molar-refractivity contribution < 1.29 is 5.11 Å². The van der Waals surface area contributed by atoms with Crippen LogP contribution in [0.3, 0.4) is 0 Å². The summed E-state index contributed by atoms with van der Waals surface area (Å²) in [4.78, 5) is 4.01. The van der Waals surface area contributed by atoms with E-state index >= 15 is 0 Å². The number of pyridine rings is 1. The van der Waals surface area contributed by atoms with Crippen LogP contribution in [-0.4, -0.2) is 10.1 Å². The molecule has 0 aliphatic heterocycles. The number of nitrogens with two attached hydrogens (primary N) is 1. The van der Waals surface area contributed by atoms with Gasteiger partial charge in [0.2, 0.25) is 0 Å². The van der Waals surface area contributed by atoms with Crippen molar-refractivity contribution in [3.8, 4) is 6.07 Å². The Labute approximate surface area is 112 Å². The van der Waals surface area contributed by atoms with Crippen LogP contribution in [0.5, 0.6) is 0 Å². The van der Waals surface area contributed by atoms with Gasteiger partial charge in [0, 0.05) is 24.5 Å². The fourth-order valence-electron chi connectivity index (χ4n) is 1.98. The summed E-state index contributed by atoms with van der Waals surface area (Å²) < 4.78 is 0. The van der Waals surface area contributed by atoms with Gasteiger partial charge >= 0.3 is 0 Å². The summed E-state index contributed by atoms with van der Waals surface area (Å²) in [5.74, 6) is 0. The van der Waals surface area contributed by atoms with E-state index in [1.165, 1.54) is 0 Å². The van der Waals surface area contributed by atoms with Gasteiger partial charge in [0.05, 0.1) is 17.2 Å². The molecule has 0 spiro atoms. The van der Waals surface area contributed by atoms with E-state index in [-0.39, 0.29) is 0 Å². The van der Waals surface area contributed by atoms with E-state index in [0.717, 1.165) is 5.56 Å². The highest BCUT2D eigenvalue weighted by atomic mass is 16.3. The number of nitrogens with zero attached hydrogens (tertiary/aromatic N) is 2. The molecular weight excluding hydrogens is 238 g/mol. The summed E-state index contributed by atoms with van der Waals surface area (Å²) in [7, 11) is 0. The molecule has 1 atom stereocenters. The maximum atomic E-state index is 10.6. The average molecular weight is 253 g/mol. The van der Waals surface area contributed by atoms with E-state index < -0.39 is 5.60 Å². The molecule has 1 aromatic heterocycles. The third kappa shape index (κ3) is 2.90. The number of aromatic nitrogens is 1. The lowest BCUT2D eigenvalue weighted by Gasteiger charge is -2.24. The molecule has 0 radical (unpaired) electrons. The number of benzene rings is 1. The number of rotatable bonds is 3. The normalized spacial score (nSPS) is 13.5. The summed E-state index contributed by atoms with van der Waals surface area (Å²) in [6.45, 7) is 1.70. The Morgan fingerprint density at radius 1 is 1.42 bits per heavy atom. The van der Waals surface area contributed by atoms with Crippen molar-refractivity contribution in [3.63, 3.8) is 0 Å². The van der Waals surface area contributed by atoms with E-state index in [1.54, 1.807) is 49.6 Å². The van der Waals surface area contributed by atoms with Crippen molar-refractivity contribution in [1.29, 1.82) is 5.26 Å². The van der Waals surface area contributed by atoms with Crippen molar-refractivity contribution in [2.45, 2.75) is 18.9 Å². The number of aliphatic hydroxyl groups is 1. The lowest BCUT2D eigenvalue weighted by Crippen LogP contribution is -2.25. The first-order valence-corrected chi connectivity index (χ1v) is 5.94. The topological polar surface area (TPSA) is 82.9 Å². The molecule has 0 amide bonds. The summed E-state index contributed by atoms with van der Waals surface area (Å²) in [6.07, 6.45) is 3.61. The van der Waals surface area contributed by atoms with E-state index in [1.807, 2.05) is 0 Å². The molecule has 1 unspecified atom stereocenters. The van der Waals surface area contributed by atoms with Gasteiger partial charge in [-0.15, -0.1) is 0 Å². The zero-order chi connectivity index (χ0) is 13.9. The second kappa shape index (κ2) is 5.09. The van der Waals surface area contributed by atoms with Crippen LogP contribution in [0.25, 0.3) is 0 Å². The first kappa shape index (κ1) is 13.1. The van der Waals surface area contributed by atoms with Gasteiger partial charge < -0.3 is 10.8 Å². The Kier molecular flexibility index (Phi) is 3.50. The average Bonchev–Trinajstić information content (AvgIpc) is 2.41. The Bertz CT molecular complexity index is 629. The molecular formula is C15H15N3O. The Balaban J connectivity index is 2.32. The zero-order valence-electron chi connectivity index (χ0n) is 10.7. The van der Waals surface area contributed by atoms with Crippen LogP contribution in [0.4, 0.5) is 5.69 Å². The smallest absolute Gasteiger partial charge is 0.0991 e. The number of hydrogen-bond acceptors (Lipinski definition) is 4. The van der Waals surface area contributed by atoms with E-state index in [4.69, 9.17) is 11.0 Å². The maximum Gasteiger partial charge on any atom is 0.0991 e. The quantitative estimate of drug-likeness (QED) is 0.876. The summed E-state index contributed by atoms with van der Waals surface area (Å²) in [6, 6.07) is 10.7. The van der Waals surface area contributed by atoms with Crippen molar-refractivity contribution in [1.82, 2.24) is 4.98 Å². The molecule has 2 rings (SSSR count). The Hall–Kier alpha value is -2.38. The summed E-state index contributed by atoms with van der Waals surface area (Å²) in [5.41, 5.74) is 7.37. The Morgan fingerprint density at radius 2 is 2.21 bits per heavy atom. The van der Waals surface area contributed by atoms with Crippen LogP contribution in [0.1, 0.15) is 23.6 Å². The fourth-order valence-corrected chi connectivity index (χ4v) is 1.98. The van der Waals surface area contributed by atoms with E-state index in [0.29, 0.717) is 23.2 Å². The second-order valence-electron chi connectivity index (χ2n) is 4.72. The van der Waals surface area contributed by atoms with Gasteiger partial charge in [-0.2, -0.15) is 5.26 Å². The predicted molar refractivity (Wildman–Crippen MR) is 73.1 cm³/mol. The zero-order valence-corrected chi connectivity index (χ0v) is 10.7. The lowest BCUT2D eigenvalue weighted by molar-refractivity contribution is 0.0577. The summed E-state index contributed by atoms with van der Waals surface area (Å²) in [5, 5.41) is 19.5. The highest BCUT2D eigenvalue weighted by Gasteiger charge is 2.24. The maximum absolute atomic E-state index is 10.6. The minimum atomic E-state index is -1.09. The van der Waals surface area contributed by atoms with Gasteiger partial charge in [0.25, 0.3) is 0 Å². The highest BCUT2D eigenvalue weighted by Crippen LogP contribution is 2.27. The molecule has 4 nitrogen and oxygen atoms in total. The molecule has 2 aromatic rings. The number of nitriles is 1. The minimum absolute atomic E-state index is 0.349. The molecule has 0 saturated heterocycles. The molecule has 3 N–H and O–H groups in total. The molecule has 0 fully saturated rings. The molecule has 0 saturated carbocycles. The third-order valence-corrected chi connectivity index (χ3v) is 3.09. The third-order valence-electron chi connectivity index (χ3n) is 3.09. The van der Waals surface area contributed by atoms with Gasteiger partial charge in [-0.25, -0.2) is 0 Å². The molecule has 4 heteroatoms. The number of anilines is 1. The largest absolute Gasteiger partial charge is 0.398 e. The molecule has 96 valence electrons. The van der Waals surface area contributed by atoms with E-state index in [9.17, 15) is 5.11 Å². The SMILES string of the molecule is CC(O)(Cc1cnccc1N)c1cccc(C#N)c1. The predicted octanol–water partition coefficient (Wildman–Crippen LogP) is 1.99. The van der Waals surface area contributed by atoms with Gasteiger partial charge in [-0.3, -0.25) is 4.98 Å². The standard InChI is InChI=1S/C15H15N3O/c1-15(19,8-12-10-18-6-5-14(12)17)13-4-2-3-11(7-13)9-16/h2-7,10,19H,8H2,1H3,(H2,17,18). The van der Waals surface area contributed by atoms with E-state index in [2.05, 4.69) is 11.1 Å². The highest BCUT2D eigenvalue weighted by molar-refractivity contribution is 5.46. The number of nitrogen functional groups attached to an aromatic ring is 1. The van der Waals surface area contributed by atoms with Crippen molar-refractivity contribution >= 4 is 5.69 Å². The van der Waals surface area contributed by atoms with Crippen LogP contribution in [0.2, 0.25) is 0 Å².